The summed E-state index contributed by atoms with van der Waals surface area (Å²) in [6.07, 6.45) is 0.305. The molecule has 1 N–H and O–H groups in total. The molecule has 1 amide bonds. The van der Waals surface area contributed by atoms with Crippen LogP contribution in [0.1, 0.15) is 27.2 Å². The predicted molar refractivity (Wildman–Crippen MR) is 68.6 cm³/mol. The van der Waals surface area contributed by atoms with Crippen LogP contribution in [0.25, 0.3) is 0 Å². The summed E-state index contributed by atoms with van der Waals surface area (Å²) in [4.78, 5) is 25.7. The lowest BCUT2D eigenvalue weighted by atomic mass is 10.0. The molecule has 2 bridgehead atoms. The average Bonchev–Trinajstić information content (AvgIpc) is 2.53. The molecule has 2 rings (SSSR count). The number of esters is 1. The maximum atomic E-state index is 12.3. The zero-order valence-corrected chi connectivity index (χ0v) is 11.9. The molecule has 2 heterocycles. The minimum absolute atomic E-state index is 0.0118. The SMILES string of the molecule is COC(=O)C1CC2CNCC1N2C(=O)OC(C)(C)C. The first-order valence-electron chi connectivity index (χ1n) is 6.63. The summed E-state index contributed by atoms with van der Waals surface area (Å²) in [7, 11) is 1.38. The Morgan fingerprint density at radius 2 is 1.95 bits per heavy atom. The topological polar surface area (TPSA) is 67.9 Å². The van der Waals surface area contributed by atoms with Crippen LogP contribution in [0.4, 0.5) is 4.79 Å². The van der Waals surface area contributed by atoms with Crippen molar-refractivity contribution in [1.29, 1.82) is 0 Å². The first kappa shape index (κ1) is 14.1. The van der Waals surface area contributed by atoms with Crippen LogP contribution < -0.4 is 5.32 Å². The maximum absolute atomic E-state index is 12.3. The van der Waals surface area contributed by atoms with Crippen LogP contribution in [0, 0.1) is 5.92 Å². The van der Waals surface area contributed by atoms with Gasteiger partial charge >= 0.3 is 12.1 Å². The Kier molecular flexibility index (Phi) is 3.71. The lowest BCUT2D eigenvalue weighted by Gasteiger charge is -2.36. The van der Waals surface area contributed by atoms with E-state index >= 15 is 0 Å². The van der Waals surface area contributed by atoms with E-state index < -0.39 is 5.60 Å². The van der Waals surface area contributed by atoms with Crippen molar-refractivity contribution in [3.05, 3.63) is 0 Å². The number of hydrogen-bond acceptors (Lipinski definition) is 5. The van der Waals surface area contributed by atoms with Gasteiger partial charge in [0.05, 0.1) is 19.1 Å². The number of rotatable bonds is 1. The monoisotopic (exact) mass is 270 g/mol. The lowest BCUT2D eigenvalue weighted by molar-refractivity contribution is -0.146. The molecule has 108 valence electrons. The maximum Gasteiger partial charge on any atom is 0.410 e. The highest BCUT2D eigenvalue weighted by atomic mass is 16.6. The first-order valence-corrected chi connectivity index (χ1v) is 6.63. The molecule has 0 aliphatic carbocycles. The fourth-order valence-electron chi connectivity index (χ4n) is 2.85. The van der Waals surface area contributed by atoms with Crippen molar-refractivity contribution in [2.45, 2.75) is 44.9 Å². The highest BCUT2D eigenvalue weighted by molar-refractivity contribution is 5.77. The van der Waals surface area contributed by atoms with E-state index in [1.807, 2.05) is 20.8 Å². The Bertz CT molecular complexity index is 377. The van der Waals surface area contributed by atoms with Crippen LogP contribution in [-0.2, 0) is 14.3 Å². The number of carbonyl (C=O) groups is 2. The van der Waals surface area contributed by atoms with Gasteiger partial charge in [-0.05, 0) is 27.2 Å². The molecule has 2 fully saturated rings. The molecule has 6 nitrogen and oxygen atoms in total. The first-order chi connectivity index (χ1) is 8.83. The smallest absolute Gasteiger partial charge is 0.410 e. The summed E-state index contributed by atoms with van der Waals surface area (Å²) < 4.78 is 10.3. The van der Waals surface area contributed by atoms with E-state index in [2.05, 4.69) is 5.32 Å². The van der Waals surface area contributed by atoms with Crippen LogP contribution in [-0.4, -0.2) is 54.8 Å². The Morgan fingerprint density at radius 3 is 2.53 bits per heavy atom. The van der Waals surface area contributed by atoms with Gasteiger partial charge < -0.3 is 14.8 Å². The molecular weight excluding hydrogens is 248 g/mol. The number of amides is 1. The molecule has 19 heavy (non-hydrogen) atoms. The second-order valence-electron chi connectivity index (χ2n) is 6.13. The Balaban J connectivity index is 2.13. The average molecular weight is 270 g/mol. The van der Waals surface area contributed by atoms with Gasteiger partial charge in [0.15, 0.2) is 0 Å². The van der Waals surface area contributed by atoms with Gasteiger partial charge in [-0.1, -0.05) is 0 Å². The number of carbonyl (C=O) groups excluding carboxylic acids is 2. The second-order valence-corrected chi connectivity index (χ2v) is 6.13. The number of nitrogens with one attached hydrogen (secondary N) is 1. The van der Waals surface area contributed by atoms with Gasteiger partial charge in [-0.25, -0.2) is 4.79 Å². The van der Waals surface area contributed by atoms with Crippen molar-refractivity contribution in [1.82, 2.24) is 10.2 Å². The third-order valence-electron chi connectivity index (χ3n) is 3.58. The van der Waals surface area contributed by atoms with Gasteiger partial charge in [0.1, 0.15) is 5.60 Å². The summed E-state index contributed by atoms with van der Waals surface area (Å²) in [5, 5.41) is 3.25. The minimum atomic E-state index is -0.526. The van der Waals surface area contributed by atoms with Gasteiger partial charge in [-0.2, -0.15) is 0 Å². The van der Waals surface area contributed by atoms with Crippen LogP contribution >= 0.6 is 0 Å². The highest BCUT2D eigenvalue weighted by Gasteiger charge is 2.50. The fourth-order valence-corrected chi connectivity index (χ4v) is 2.85. The predicted octanol–water partition coefficient (Wildman–Crippen LogP) is 0.757. The molecule has 0 radical (unpaired) electrons. The summed E-state index contributed by atoms with van der Waals surface area (Å²) in [5.74, 6) is -0.498. The molecule has 0 aromatic heterocycles. The molecule has 0 aromatic rings. The minimum Gasteiger partial charge on any atom is -0.469 e. The van der Waals surface area contributed by atoms with Crippen LogP contribution in [0.2, 0.25) is 0 Å². The van der Waals surface area contributed by atoms with E-state index in [-0.39, 0.29) is 30.1 Å². The van der Waals surface area contributed by atoms with Crippen molar-refractivity contribution in [2.24, 2.45) is 5.92 Å². The van der Waals surface area contributed by atoms with E-state index in [0.29, 0.717) is 19.5 Å². The number of hydrogen-bond donors (Lipinski definition) is 1. The van der Waals surface area contributed by atoms with E-state index in [1.54, 1.807) is 4.90 Å². The second kappa shape index (κ2) is 5.00. The number of fused-ring (bicyclic) bond motifs is 2. The molecular formula is C13H22N2O4. The molecule has 3 unspecified atom stereocenters. The largest absolute Gasteiger partial charge is 0.469 e. The third-order valence-corrected chi connectivity index (χ3v) is 3.58. The van der Waals surface area contributed by atoms with E-state index in [0.717, 1.165) is 0 Å². The Labute approximate surface area is 113 Å². The summed E-state index contributed by atoms with van der Waals surface area (Å²) in [6, 6.07) is -0.154. The normalized spacial score (nSPS) is 30.1. The molecule has 2 aliphatic heterocycles. The molecule has 0 aromatic carbocycles. The molecule has 2 saturated heterocycles. The van der Waals surface area contributed by atoms with Gasteiger partial charge in [0, 0.05) is 19.1 Å². The van der Waals surface area contributed by atoms with Crippen molar-refractivity contribution in [3.8, 4) is 0 Å². The van der Waals surface area contributed by atoms with E-state index in [9.17, 15) is 9.59 Å². The van der Waals surface area contributed by atoms with Gasteiger partial charge in [-0.3, -0.25) is 9.69 Å². The summed E-state index contributed by atoms with van der Waals surface area (Å²) >= 11 is 0. The molecule has 3 atom stereocenters. The highest BCUT2D eigenvalue weighted by Crippen LogP contribution is 2.34. The number of ether oxygens (including phenoxy) is 2. The van der Waals surface area contributed by atoms with Crippen molar-refractivity contribution in [2.75, 3.05) is 20.2 Å². The van der Waals surface area contributed by atoms with E-state index in [1.165, 1.54) is 7.11 Å². The van der Waals surface area contributed by atoms with Crippen molar-refractivity contribution in [3.63, 3.8) is 0 Å². The number of nitrogens with zero attached hydrogens (tertiary/aromatic N) is 1. The fraction of sp³-hybridized carbons (Fsp3) is 0.846. The van der Waals surface area contributed by atoms with Crippen LogP contribution in [0.5, 0.6) is 0 Å². The zero-order valence-electron chi connectivity index (χ0n) is 11.9. The van der Waals surface area contributed by atoms with Gasteiger partial charge in [0.25, 0.3) is 0 Å². The summed E-state index contributed by atoms with van der Waals surface area (Å²) in [5.41, 5.74) is -0.526. The molecule has 6 heteroatoms. The van der Waals surface area contributed by atoms with Gasteiger partial charge in [-0.15, -0.1) is 0 Å². The summed E-state index contributed by atoms with van der Waals surface area (Å²) in [6.45, 7) is 6.82. The third kappa shape index (κ3) is 2.83. The standard InChI is InChI=1S/C13H22N2O4/c1-13(2,3)19-12(17)15-8-5-9(11(16)18-4)10(15)7-14-6-8/h8-10,14H,5-7H2,1-4H3. The quantitative estimate of drug-likeness (QED) is 0.712. The Hall–Kier alpha value is -1.30. The number of piperazine rings is 1. The molecule has 2 aliphatic rings. The molecule has 0 spiro atoms. The van der Waals surface area contributed by atoms with Crippen molar-refractivity contribution < 1.29 is 19.1 Å². The lowest BCUT2D eigenvalue weighted by Crippen LogP contribution is -2.56. The Morgan fingerprint density at radius 1 is 1.26 bits per heavy atom. The van der Waals surface area contributed by atoms with Crippen molar-refractivity contribution >= 4 is 12.1 Å². The zero-order chi connectivity index (χ0) is 14.2. The number of methoxy groups -OCH3 is 1. The van der Waals surface area contributed by atoms with Gasteiger partial charge in [0.2, 0.25) is 0 Å². The molecule has 0 saturated carbocycles. The van der Waals surface area contributed by atoms with Crippen LogP contribution in [0.3, 0.4) is 0 Å². The van der Waals surface area contributed by atoms with Crippen LogP contribution in [0.15, 0.2) is 0 Å². The van der Waals surface area contributed by atoms with E-state index in [4.69, 9.17) is 9.47 Å².